The topological polar surface area (TPSA) is 113 Å². The molecule has 2 amide bonds. The molecule has 9 nitrogen and oxygen atoms in total. The Morgan fingerprint density at radius 2 is 2.00 bits per heavy atom. The van der Waals surface area contributed by atoms with Crippen molar-refractivity contribution in [2.45, 2.75) is 96.2 Å². The summed E-state index contributed by atoms with van der Waals surface area (Å²) >= 11 is 0. The van der Waals surface area contributed by atoms with Gasteiger partial charge in [-0.2, -0.15) is 0 Å². The number of rotatable bonds is 10. The number of hydrogen-bond acceptors (Lipinski definition) is 6. The average molecular weight is 602 g/mol. The minimum Gasteiger partial charge on any atom is -0.394 e. The molecule has 1 aromatic carbocycles. The number of hydrogen-bond donors (Lipinski definition) is 1. The van der Waals surface area contributed by atoms with Gasteiger partial charge in [-0.25, -0.2) is 0 Å². The number of nitrogens with zero attached hydrogens (tertiary/aromatic N) is 3. The molecule has 0 saturated carbocycles. The number of likely N-dealkylation sites (tertiary alicyclic amines) is 1. The van der Waals surface area contributed by atoms with Gasteiger partial charge in [0.1, 0.15) is 0 Å². The van der Waals surface area contributed by atoms with Gasteiger partial charge < -0.3 is 23.8 Å². The van der Waals surface area contributed by atoms with Crippen molar-refractivity contribution in [2.75, 3.05) is 24.6 Å². The number of benzene rings is 1. The summed E-state index contributed by atoms with van der Waals surface area (Å²) in [6.45, 7) is 11.6. The second-order valence-corrected chi connectivity index (χ2v) is 16.6. The second kappa shape index (κ2) is 12.4. The van der Waals surface area contributed by atoms with Gasteiger partial charge in [-0.1, -0.05) is 30.2 Å². The summed E-state index contributed by atoms with van der Waals surface area (Å²) in [6.07, 6.45) is 6.34. The number of nitro benzene ring substituents is 1. The van der Waals surface area contributed by atoms with Crippen molar-refractivity contribution in [2.24, 2.45) is 5.92 Å². The molecule has 2 saturated heterocycles. The Morgan fingerprint density at radius 3 is 2.62 bits per heavy atom. The summed E-state index contributed by atoms with van der Waals surface area (Å²) < 4.78 is 22.7. The highest BCUT2D eigenvalue weighted by atomic mass is 28.4. The minimum atomic E-state index is -3.51. The van der Waals surface area contributed by atoms with Gasteiger partial charge in [-0.15, -0.1) is 0 Å². The summed E-state index contributed by atoms with van der Waals surface area (Å²) in [5.41, 5.74) is 0.691. The maximum absolute atomic E-state index is 16.1. The molecule has 11 heteroatoms. The summed E-state index contributed by atoms with van der Waals surface area (Å²) in [6, 6.07) is 4.05. The van der Waals surface area contributed by atoms with Crippen molar-refractivity contribution < 1.29 is 28.5 Å². The van der Waals surface area contributed by atoms with Gasteiger partial charge in [0.05, 0.1) is 35.8 Å². The molecule has 1 aromatic rings. The Hall–Kier alpha value is -2.89. The van der Waals surface area contributed by atoms with Crippen LogP contribution in [0.15, 0.2) is 41.5 Å². The molecular formula is C31H44FN3O6Si. The molecule has 0 bridgehead atoms. The van der Waals surface area contributed by atoms with Crippen LogP contribution in [0.3, 0.4) is 0 Å². The summed E-state index contributed by atoms with van der Waals surface area (Å²) in [5, 5.41) is 21.5. The summed E-state index contributed by atoms with van der Waals surface area (Å²) in [5.74, 6) is -1.28. The van der Waals surface area contributed by atoms with Gasteiger partial charge >= 0.3 is 0 Å². The van der Waals surface area contributed by atoms with Crippen LogP contribution >= 0.6 is 0 Å². The number of aliphatic hydroxyl groups excluding tert-OH is 1. The first-order valence-corrected chi connectivity index (χ1v) is 17.8. The van der Waals surface area contributed by atoms with E-state index in [1.807, 2.05) is 26.8 Å². The van der Waals surface area contributed by atoms with Gasteiger partial charge in [0.25, 0.3) is 11.6 Å². The Kier molecular flexibility index (Phi) is 9.44. The van der Waals surface area contributed by atoms with E-state index in [1.165, 1.54) is 17.7 Å². The van der Waals surface area contributed by atoms with Crippen molar-refractivity contribution in [1.82, 2.24) is 4.90 Å². The average Bonchev–Trinajstić information content (AvgIpc) is 3.56. The zero-order chi connectivity index (χ0) is 31.0. The van der Waals surface area contributed by atoms with Crippen LogP contribution in [0, 0.1) is 16.0 Å². The van der Waals surface area contributed by atoms with Gasteiger partial charge in [0.15, 0.2) is 5.60 Å². The molecule has 1 N–H and O–H groups in total. The predicted molar refractivity (Wildman–Crippen MR) is 162 cm³/mol. The van der Waals surface area contributed by atoms with Crippen molar-refractivity contribution in [3.8, 4) is 0 Å². The standard InChI is InChI=1S/C31H44FN3O6Si/c1-20(2)9-7-10-21(3)14-16-34-26-13-12-23(35(39)40)17-25(26)31(30(34)38)22(4)29(42(5,6)32)27(41-31)18-28(37)33-15-8-11-24(33)19-36/h9,12-14,17,22,24,27,29,36H,7-8,10-11,15-16,18-19H2,1-6H3/b21-14+/t22-,24-,27+,29-,31+/m0/s1. The molecule has 0 unspecified atom stereocenters. The molecule has 42 heavy (non-hydrogen) atoms. The number of halogens is 1. The quantitative estimate of drug-likeness (QED) is 0.120. The van der Waals surface area contributed by atoms with Crippen molar-refractivity contribution >= 4 is 31.6 Å². The Morgan fingerprint density at radius 1 is 1.29 bits per heavy atom. The van der Waals surface area contributed by atoms with E-state index in [4.69, 9.17) is 4.74 Å². The number of non-ortho nitro benzene ring substituents is 1. The zero-order valence-corrected chi connectivity index (χ0v) is 26.6. The fourth-order valence-electron chi connectivity index (χ4n) is 7.11. The molecule has 0 aliphatic carbocycles. The summed E-state index contributed by atoms with van der Waals surface area (Å²) in [7, 11) is -3.51. The second-order valence-electron chi connectivity index (χ2n) is 12.8. The first-order chi connectivity index (χ1) is 19.7. The number of fused-ring (bicyclic) bond motifs is 2. The Labute approximate surface area is 248 Å². The fraction of sp³-hybridized carbons (Fsp3) is 0.613. The van der Waals surface area contributed by atoms with Gasteiger partial charge in [-0.05, 0) is 65.6 Å². The molecular weight excluding hydrogens is 557 g/mol. The molecule has 3 aliphatic rings. The number of ether oxygens (including phenoxy) is 1. The van der Waals surface area contributed by atoms with Gasteiger partial charge in [0.2, 0.25) is 14.3 Å². The Balaban J connectivity index is 1.73. The molecule has 3 heterocycles. The van der Waals surface area contributed by atoms with E-state index in [0.717, 1.165) is 24.8 Å². The number of carbonyl (C=O) groups excluding carboxylic acids is 2. The minimum absolute atomic E-state index is 0.117. The van der Waals surface area contributed by atoms with Crippen LogP contribution in [-0.2, 0) is 19.9 Å². The molecule has 0 aromatic heterocycles. The number of allylic oxidation sites excluding steroid dienone is 3. The highest BCUT2D eigenvalue weighted by molar-refractivity contribution is 6.72. The van der Waals surface area contributed by atoms with Crippen LogP contribution in [0.25, 0.3) is 0 Å². The molecule has 4 rings (SSSR count). The molecule has 230 valence electrons. The molecule has 5 atom stereocenters. The van der Waals surface area contributed by atoms with E-state index in [9.17, 15) is 24.8 Å². The first-order valence-electron chi connectivity index (χ1n) is 14.9. The van der Waals surface area contributed by atoms with Crippen molar-refractivity contribution in [3.05, 3.63) is 57.2 Å². The highest BCUT2D eigenvalue weighted by Crippen LogP contribution is 2.60. The number of aliphatic hydroxyl groups is 1. The van der Waals surface area contributed by atoms with Crippen LogP contribution in [0.4, 0.5) is 15.5 Å². The normalized spacial score (nSPS) is 27.6. The number of carbonyl (C=O) groups is 2. The van der Waals surface area contributed by atoms with Crippen LogP contribution < -0.4 is 4.90 Å². The molecule has 2 fully saturated rings. The third-order valence-electron chi connectivity index (χ3n) is 9.15. The van der Waals surface area contributed by atoms with E-state index < -0.39 is 36.5 Å². The van der Waals surface area contributed by atoms with Gasteiger partial charge in [-0.3, -0.25) is 19.7 Å². The van der Waals surface area contributed by atoms with E-state index in [-0.39, 0.29) is 43.1 Å². The largest absolute Gasteiger partial charge is 0.394 e. The Bertz CT molecular complexity index is 1290. The van der Waals surface area contributed by atoms with Crippen molar-refractivity contribution in [1.29, 1.82) is 0 Å². The lowest BCUT2D eigenvalue weighted by Crippen LogP contribution is -2.45. The number of amides is 2. The SMILES string of the molecule is CC(C)=CCC/C(C)=C/CN1C(=O)[C@]2(O[C@H](CC(=O)N3CCC[C@H]3CO)[C@@H]([Si](C)(C)F)[C@@H]2C)c2cc([N+](=O)[O-])ccc21. The third kappa shape index (κ3) is 5.96. The molecule has 3 aliphatic heterocycles. The lowest BCUT2D eigenvalue weighted by molar-refractivity contribution is -0.385. The van der Waals surface area contributed by atoms with Gasteiger partial charge in [0, 0.05) is 42.2 Å². The van der Waals surface area contributed by atoms with E-state index >= 15 is 4.11 Å². The van der Waals surface area contributed by atoms with Crippen molar-refractivity contribution in [3.63, 3.8) is 0 Å². The molecule has 0 radical (unpaired) electrons. The lowest BCUT2D eigenvalue weighted by Gasteiger charge is -2.31. The first kappa shape index (κ1) is 32.0. The lowest BCUT2D eigenvalue weighted by atomic mass is 9.82. The zero-order valence-electron chi connectivity index (χ0n) is 25.6. The predicted octanol–water partition coefficient (Wildman–Crippen LogP) is 5.78. The fourth-order valence-corrected chi connectivity index (χ4v) is 9.60. The van der Waals surface area contributed by atoms with E-state index in [1.54, 1.807) is 35.9 Å². The van der Waals surface area contributed by atoms with Crippen LogP contribution in [-0.4, -0.2) is 67.0 Å². The summed E-state index contributed by atoms with van der Waals surface area (Å²) in [4.78, 5) is 42.3. The maximum atomic E-state index is 16.1. The van der Waals surface area contributed by atoms with Crippen LogP contribution in [0.5, 0.6) is 0 Å². The van der Waals surface area contributed by atoms with E-state index in [0.29, 0.717) is 24.2 Å². The van der Waals surface area contributed by atoms with Crippen LogP contribution in [0.2, 0.25) is 18.6 Å². The third-order valence-corrected chi connectivity index (χ3v) is 11.6. The molecule has 1 spiro atoms. The monoisotopic (exact) mass is 601 g/mol. The smallest absolute Gasteiger partial charge is 0.269 e. The van der Waals surface area contributed by atoms with Crippen LogP contribution in [0.1, 0.15) is 65.4 Å². The maximum Gasteiger partial charge on any atom is 0.269 e. The van der Waals surface area contributed by atoms with E-state index in [2.05, 4.69) is 6.08 Å². The highest BCUT2D eigenvalue weighted by Gasteiger charge is 2.67. The number of nitro groups is 1. The number of anilines is 1.